The van der Waals surface area contributed by atoms with E-state index in [1.165, 1.54) is 11.1 Å². The van der Waals surface area contributed by atoms with Gasteiger partial charge in [0.1, 0.15) is 5.65 Å². The number of benzene rings is 1. The molecule has 2 heterocycles. The molecule has 0 fully saturated rings. The van der Waals surface area contributed by atoms with Gasteiger partial charge < -0.3 is 10.1 Å². The minimum absolute atomic E-state index is 0.181. The molecular formula is C19H21N3O. The highest BCUT2D eigenvalue weighted by Gasteiger charge is 2.16. The minimum Gasteiger partial charge on any atom is -0.369 e. The number of hydrogen-bond acceptors (Lipinski definition) is 2. The Balaban J connectivity index is 2.19. The molecule has 3 rings (SSSR count). The Kier molecular flexibility index (Phi) is 4.15. The Morgan fingerprint density at radius 3 is 2.57 bits per heavy atom. The van der Waals surface area contributed by atoms with Crippen molar-refractivity contribution in [3.8, 4) is 11.3 Å². The fourth-order valence-corrected chi connectivity index (χ4v) is 2.85. The third-order valence-corrected chi connectivity index (χ3v) is 3.98. The number of hydrogen-bond donors (Lipinski definition) is 1. The average molecular weight is 307 g/mol. The lowest BCUT2D eigenvalue weighted by molar-refractivity contribution is -0.117. The van der Waals surface area contributed by atoms with Gasteiger partial charge in [-0.2, -0.15) is 0 Å². The van der Waals surface area contributed by atoms with Crippen molar-refractivity contribution in [1.29, 1.82) is 0 Å². The van der Waals surface area contributed by atoms with Crippen molar-refractivity contribution < 1.29 is 4.79 Å². The highest BCUT2D eigenvalue weighted by Crippen LogP contribution is 2.26. The van der Waals surface area contributed by atoms with Crippen molar-refractivity contribution in [3.05, 3.63) is 59.4 Å². The van der Waals surface area contributed by atoms with Crippen molar-refractivity contribution >= 4 is 11.6 Å². The van der Waals surface area contributed by atoms with E-state index in [4.69, 9.17) is 10.7 Å². The number of nitrogens with two attached hydrogens (primary N) is 1. The van der Waals surface area contributed by atoms with Gasteiger partial charge in [0.25, 0.3) is 0 Å². The van der Waals surface area contributed by atoms with Crippen LogP contribution in [0.5, 0.6) is 0 Å². The summed E-state index contributed by atoms with van der Waals surface area (Å²) in [6, 6.07) is 12.3. The van der Waals surface area contributed by atoms with Crippen LogP contribution in [0.3, 0.4) is 0 Å². The Morgan fingerprint density at radius 2 is 1.91 bits per heavy atom. The van der Waals surface area contributed by atoms with Gasteiger partial charge in [-0.3, -0.25) is 4.79 Å². The van der Waals surface area contributed by atoms with Crippen LogP contribution in [-0.2, 0) is 17.6 Å². The molecule has 0 aliphatic rings. The maximum absolute atomic E-state index is 11.5. The van der Waals surface area contributed by atoms with Gasteiger partial charge in [-0.25, -0.2) is 4.98 Å². The molecule has 0 radical (unpaired) electrons. The van der Waals surface area contributed by atoms with Crippen LogP contribution in [0.4, 0.5) is 0 Å². The molecule has 0 atom stereocenters. The van der Waals surface area contributed by atoms with Crippen LogP contribution < -0.4 is 5.73 Å². The monoisotopic (exact) mass is 307 g/mol. The predicted molar refractivity (Wildman–Crippen MR) is 92.3 cm³/mol. The summed E-state index contributed by atoms with van der Waals surface area (Å²) >= 11 is 0. The van der Waals surface area contributed by atoms with E-state index < -0.39 is 0 Å². The molecule has 4 nitrogen and oxygen atoms in total. The summed E-state index contributed by atoms with van der Waals surface area (Å²) < 4.78 is 2.00. The SMILES string of the molecule is CCCc1ccc2nc(-c3ccc(C)cc3)c(CC(N)=O)n2c1. The molecule has 1 aromatic carbocycles. The molecule has 23 heavy (non-hydrogen) atoms. The first-order valence-corrected chi connectivity index (χ1v) is 7.93. The number of aromatic nitrogens is 2. The quantitative estimate of drug-likeness (QED) is 0.786. The third-order valence-electron chi connectivity index (χ3n) is 3.98. The summed E-state index contributed by atoms with van der Waals surface area (Å²) in [6.07, 6.45) is 4.34. The summed E-state index contributed by atoms with van der Waals surface area (Å²) in [7, 11) is 0. The molecule has 0 spiro atoms. The van der Waals surface area contributed by atoms with E-state index in [0.717, 1.165) is 35.4 Å². The number of pyridine rings is 1. The van der Waals surface area contributed by atoms with Gasteiger partial charge in [-0.15, -0.1) is 0 Å². The maximum Gasteiger partial charge on any atom is 0.223 e. The van der Waals surface area contributed by atoms with E-state index in [0.29, 0.717) is 0 Å². The van der Waals surface area contributed by atoms with E-state index in [9.17, 15) is 4.79 Å². The largest absolute Gasteiger partial charge is 0.369 e. The molecule has 118 valence electrons. The molecule has 0 bridgehead atoms. The highest BCUT2D eigenvalue weighted by atomic mass is 16.1. The normalized spacial score (nSPS) is 11.0. The molecular weight excluding hydrogens is 286 g/mol. The molecule has 0 saturated heterocycles. The number of rotatable bonds is 5. The van der Waals surface area contributed by atoms with Crippen LogP contribution in [0.25, 0.3) is 16.9 Å². The molecule has 2 aromatic heterocycles. The molecule has 1 amide bonds. The van der Waals surface area contributed by atoms with Gasteiger partial charge in [0.15, 0.2) is 0 Å². The lowest BCUT2D eigenvalue weighted by atomic mass is 10.1. The van der Waals surface area contributed by atoms with Gasteiger partial charge in [0, 0.05) is 11.8 Å². The number of fused-ring (bicyclic) bond motifs is 1. The summed E-state index contributed by atoms with van der Waals surface area (Å²) in [5, 5.41) is 0. The van der Waals surface area contributed by atoms with Crippen LogP contribution >= 0.6 is 0 Å². The van der Waals surface area contributed by atoms with Gasteiger partial charge >= 0.3 is 0 Å². The topological polar surface area (TPSA) is 60.4 Å². The first-order chi connectivity index (χ1) is 11.1. The second-order valence-electron chi connectivity index (χ2n) is 5.93. The average Bonchev–Trinajstić information content (AvgIpc) is 2.86. The van der Waals surface area contributed by atoms with Gasteiger partial charge in [0.05, 0.1) is 17.8 Å². The van der Waals surface area contributed by atoms with Crippen LogP contribution in [0, 0.1) is 6.92 Å². The zero-order valence-electron chi connectivity index (χ0n) is 13.5. The molecule has 4 heteroatoms. The number of amides is 1. The molecule has 0 saturated carbocycles. The van der Waals surface area contributed by atoms with Gasteiger partial charge in [-0.05, 0) is 25.0 Å². The lowest BCUT2D eigenvalue weighted by Gasteiger charge is -2.05. The molecule has 0 aliphatic carbocycles. The Hall–Kier alpha value is -2.62. The molecule has 3 aromatic rings. The van der Waals surface area contributed by atoms with E-state index in [-0.39, 0.29) is 12.3 Å². The van der Waals surface area contributed by atoms with Crippen molar-refractivity contribution in [1.82, 2.24) is 9.38 Å². The number of nitrogens with zero attached hydrogens (tertiary/aromatic N) is 2. The first kappa shape index (κ1) is 15.3. The number of carbonyl (C=O) groups excluding carboxylic acids is 1. The van der Waals surface area contributed by atoms with Gasteiger partial charge in [0.2, 0.25) is 5.91 Å². The zero-order chi connectivity index (χ0) is 16.4. The van der Waals surface area contributed by atoms with Crippen molar-refractivity contribution in [2.24, 2.45) is 5.73 Å². The maximum atomic E-state index is 11.5. The van der Waals surface area contributed by atoms with E-state index >= 15 is 0 Å². The van der Waals surface area contributed by atoms with Gasteiger partial charge in [-0.1, -0.05) is 49.2 Å². The number of carbonyl (C=O) groups is 1. The molecule has 0 aliphatic heterocycles. The van der Waals surface area contributed by atoms with Crippen LogP contribution in [0.2, 0.25) is 0 Å². The third kappa shape index (κ3) is 3.11. The fraction of sp³-hybridized carbons (Fsp3) is 0.263. The predicted octanol–water partition coefficient (Wildman–Crippen LogP) is 3.29. The van der Waals surface area contributed by atoms with Crippen LogP contribution in [0.15, 0.2) is 42.6 Å². The van der Waals surface area contributed by atoms with Crippen LogP contribution in [0.1, 0.15) is 30.2 Å². The fourth-order valence-electron chi connectivity index (χ4n) is 2.85. The standard InChI is InChI=1S/C19H21N3O/c1-3-4-14-7-10-18-21-19(15-8-5-13(2)6-9-15)16(11-17(20)23)22(18)12-14/h5-10,12H,3-4,11H2,1-2H3,(H2,20,23). The van der Waals surface area contributed by atoms with E-state index in [2.05, 4.69) is 38.2 Å². The van der Waals surface area contributed by atoms with Crippen molar-refractivity contribution in [3.63, 3.8) is 0 Å². The van der Waals surface area contributed by atoms with Crippen molar-refractivity contribution in [2.75, 3.05) is 0 Å². The van der Waals surface area contributed by atoms with E-state index in [1.807, 2.05) is 22.6 Å². The number of aryl methyl sites for hydroxylation is 2. The highest BCUT2D eigenvalue weighted by molar-refractivity contribution is 5.80. The number of imidazole rings is 1. The Bertz CT molecular complexity index is 847. The summed E-state index contributed by atoms with van der Waals surface area (Å²) in [5.41, 5.74) is 11.4. The molecule has 2 N–H and O–H groups in total. The summed E-state index contributed by atoms with van der Waals surface area (Å²) in [4.78, 5) is 16.3. The van der Waals surface area contributed by atoms with Crippen molar-refractivity contribution in [2.45, 2.75) is 33.1 Å². The second kappa shape index (κ2) is 6.24. The number of primary amides is 1. The first-order valence-electron chi connectivity index (χ1n) is 7.93. The second-order valence-corrected chi connectivity index (χ2v) is 5.93. The zero-order valence-corrected chi connectivity index (χ0v) is 13.5. The Labute approximate surface area is 136 Å². The van der Waals surface area contributed by atoms with Crippen LogP contribution in [-0.4, -0.2) is 15.3 Å². The molecule has 0 unspecified atom stereocenters. The Morgan fingerprint density at radius 1 is 1.17 bits per heavy atom. The minimum atomic E-state index is -0.346. The smallest absolute Gasteiger partial charge is 0.223 e. The van der Waals surface area contributed by atoms with E-state index in [1.54, 1.807) is 0 Å². The lowest BCUT2D eigenvalue weighted by Crippen LogP contribution is -2.15. The summed E-state index contributed by atoms with van der Waals surface area (Å²) in [5.74, 6) is -0.346. The summed E-state index contributed by atoms with van der Waals surface area (Å²) in [6.45, 7) is 4.20.